The van der Waals surface area contributed by atoms with Crippen molar-refractivity contribution in [2.24, 2.45) is 0 Å². The van der Waals surface area contributed by atoms with Crippen LogP contribution in [0.4, 0.5) is 0 Å². The van der Waals surface area contributed by atoms with Crippen LogP contribution in [0.5, 0.6) is 5.75 Å². The summed E-state index contributed by atoms with van der Waals surface area (Å²) < 4.78 is 5.39. The highest BCUT2D eigenvalue weighted by molar-refractivity contribution is 5.90. The maximum absolute atomic E-state index is 11.8. The van der Waals surface area contributed by atoms with Crippen LogP contribution < -0.4 is 4.74 Å². The fourth-order valence-corrected chi connectivity index (χ4v) is 2.51. The van der Waals surface area contributed by atoms with Crippen molar-refractivity contribution in [1.82, 2.24) is 0 Å². The highest BCUT2D eigenvalue weighted by Gasteiger charge is 2.11. The lowest BCUT2D eigenvalue weighted by Crippen LogP contribution is -2.08. The number of rotatable bonds is 4. The highest BCUT2D eigenvalue weighted by atomic mass is 16.5. The standard InChI is InChI=1S/C22H18O2/c1-16(2)22(23)24-19-13-14-20(17-9-5-3-6-10-17)21(15-19)18-11-7-4-8-12-18/h3-15H,1H2,2H3. The average Bonchev–Trinajstić information content (AvgIpc) is 2.63. The zero-order valence-electron chi connectivity index (χ0n) is 13.5. The lowest BCUT2D eigenvalue weighted by atomic mass is 9.94. The van der Waals surface area contributed by atoms with E-state index in [0.717, 1.165) is 22.3 Å². The molecule has 0 aliphatic carbocycles. The van der Waals surface area contributed by atoms with Crippen LogP contribution in [0.1, 0.15) is 6.92 Å². The molecule has 0 atom stereocenters. The molecule has 118 valence electrons. The first-order chi connectivity index (χ1) is 11.6. The van der Waals surface area contributed by atoms with E-state index in [1.807, 2.05) is 66.7 Å². The van der Waals surface area contributed by atoms with Gasteiger partial charge >= 0.3 is 5.97 Å². The average molecular weight is 314 g/mol. The van der Waals surface area contributed by atoms with E-state index in [1.54, 1.807) is 6.92 Å². The van der Waals surface area contributed by atoms with Gasteiger partial charge in [0.15, 0.2) is 0 Å². The fourth-order valence-electron chi connectivity index (χ4n) is 2.51. The normalized spacial score (nSPS) is 10.2. The van der Waals surface area contributed by atoms with E-state index in [1.165, 1.54) is 0 Å². The zero-order chi connectivity index (χ0) is 16.9. The summed E-state index contributed by atoms with van der Waals surface area (Å²) in [6.07, 6.45) is 0. The second-order valence-electron chi connectivity index (χ2n) is 5.61. The third-order valence-corrected chi connectivity index (χ3v) is 3.72. The number of carbonyl (C=O) groups excluding carboxylic acids is 1. The van der Waals surface area contributed by atoms with Crippen molar-refractivity contribution in [3.05, 3.63) is 91.0 Å². The molecule has 2 heteroatoms. The van der Waals surface area contributed by atoms with Gasteiger partial charge in [0.1, 0.15) is 5.75 Å². The molecule has 0 aliphatic rings. The van der Waals surface area contributed by atoms with Gasteiger partial charge in [0.2, 0.25) is 0 Å². The van der Waals surface area contributed by atoms with E-state index >= 15 is 0 Å². The third-order valence-electron chi connectivity index (χ3n) is 3.72. The van der Waals surface area contributed by atoms with E-state index in [0.29, 0.717) is 11.3 Å². The molecule has 0 saturated carbocycles. The van der Waals surface area contributed by atoms with E-state index in [9.17, 15) is 4.79 Å². The molecule has 24 heavy (non-hydrogen) atoms. The summed E-state index contributed by atoms with van der Waals surface area (Å²) in [5, 5.41) is 0. The lowest BCUT2D eigenvalue weighted by Gasteiger charge is -2.13. The number of benzene rings is 3. The van der Waals surface area contributed by atoms with E-state index in [4.69, 9.17) is 4.74 Å². The molecule has 0 spiro atoms. The summed E-state index contributed by atoms with van der Waals surface area (Å²) in [4.78, 5) is 11.8. The van der Waals surface area contributed by atoms with Gasteiger partial charge in [-0.15, -0.1) is 0 Å². The van der Waals surface area contributed by atoms with Crippen molar-refractivity contribution < 1.29 is 9.53 Å². The van der Waals surface area contributed by atoms with Crippen molar-refractivity contribution >= 4 is 5.97 Å². The second-order valence-corrected chi connectivity index (χ2v) is 5.61. The Morgan fingerprint density at radius 3 is 1.88 bits per heavy atom. The topological polar surface area (TPSA) is 26.3 Å². The largest absolute Gasteiger partial charge is 0.423 e. The van der Waals surface area contributed by atoms with Crippen LogP contribution >= 0.6 is 0 Å². The molecule has 0 fully saturated rings. The molecule has 0 aliphatic heterocycles. The Morgan fingerprint density at radius 2 is 1.33 bits per heavy atom. The molecule has 0 radical (unpaired) electrons. The Hall–Kier alpha value is -3.13. The van der Waals surface area contributed by atoms with Crippen LogP contribution in [0.2, 0.25) is 0 Å². The van der Waals surface area contributed by atoms with Crippen molar-refractivity contribution in [3.63, 3.8) is 0 Å². The summed E-state index contributed by atoms with van der Waals surface area (Å²) in [7, 11) is 0. The summed E-state index contributed by atoms with van der Waals surface area (Å²) in [6, 6.07) is 25.9. The minimum Gasteiger partial charge on any atom is -0.423 e. The van der Waals surface area contributed by atoms with Gasteiger partial charge in [-0.2, -0.15) is 0 Å². The minimum absolute atomic E-state index is 0.378. The first kappa shape index (κ1) is 15.8. The SMILES string of the molecule is C=C(C)C(=O)Oc1ccc(-c2ccccc2)c(-c2ccccc2)c1. The maximum atomic E-state index is 11.8. The van der Waals surface area contributed by atoms with Gasteiger partial charge in [-0.3, -0.25) is 0 Å². The Morgan fingerprint density at radius 1 is 0.792 bits per heavy atom. The van der Waals surface area contributed by atoms with Crippen LogP contribution in [0, 0.1) is 0 Å². The smallest absolute Gasteiger partial charge is 0.338 e. The van der Waals surface area contributed by atoms with Gasteiger partial charge in [0.05, 0.1) is 0 Å². The summed E-state index contributed by atoms with van der Waals surface area (Å²) in [5.74, 6) is 0.100. The van der Waals surface area contributed by atoms with Crippen LogP contribution in [-0.4, -0.2) is 5.97 Å². The van der Waals surface area contributed by atoms with Crippen molar-refractivity contribution in [3.8, 4) is 28.0 Å². The zero-order valence-corrected chi connectivity index (χ0v) is 13.5. The number of ether oxygens (including phenoxy) is 1. The van der Waals surface area contributed by atoms with E-state index in [2.05, 4.69) is 18.7 Å². The quantitative estimate of drug-likeness (QED) is 0.361. The molecule has 0 aromatic heterocycles. The Bertz CT molecular complexity index is 865. The van der Waals surface area contributed by atoms with Gasteiger partial charge in [-0.1, -0.05) is 73.3 Å². The second kappa shape index (κ2) is 6.97. The van der Waals surface area contributed by atoms with Crippen molar-refractivity contribution in [1.29, 1.82) is 0 Å². The van der Waals surface area contributed by atoms with E-state index < -0.39 is 5.97 Å². The lowest BCUT2D eigenvalue weighted by molar-refractivity contribution is -0.130. The fraction of sp³-hybridized carbons (Fsp3) is 0.0455. The van der Waals surface area contributed by atoms with Gasteiger partial charge in [0, 0.05) is 5.57 Å². The molecule has 3 aromatic carbocycles. The maximum Gasteiger partial charge on any atom is 0.338 e. The highest BCUT2D eigenvalue weighted by Crippen LogP contribution is 2.35. The number of hydrogen-bond donors (Lipinski definition) is 0. The number of esters is 1. The van der Waals surface area contributed by atoms with Gasteiger partial charge in [-0.25, -0.2) is 4.79 Å². The molecule has 3 aromatic rings. The van der Waals surface area contributed by atoms with E-state index in [-0.39, 0.29) is 0 Å². The molecule has 0 bridgehead atoms. The molecule has 0 unspecified atom stereocenters. The molecule has 2 nitrogen and oxygen atoms in total. The van der Waals surface area contributed by atoms with Crippen LogP contribution in [0.25, 0.3) is 22.3 Å². The third kappa shape index (κ3) is 3.44. The van der Waals surface area contributed by atoms with Crippen LogP contribution in [-0.2, 0) is 4.79 Å². The summed E-state index contributed by atoms with van der Waals surface area (Å²) in [5.41, 5.74) is 4.69. The molecule has 0 N–H and O–H groups in total. The molecular weight excluding hydrogens is 296 g/mol. The number of hydrogen-bond acceptors (Lipinski definition) is 2. The predicted octanol–water partition coefficient (Wildman–Crippen LogP) is 5.50. The monoisotopic (exact) mass is 314 g/mol. The van der Waals surface area contributed by atoms with Crippen molar-refractivity contribution in [2.75, 3.05) is 0 Å². The van der Waals surface area contributed by atoms with Crippen LogP contribution in [0.3, 0.4) is 0 Å². The Labute approximate surface area is 142 Å². The minimum atomic E-state index is -0.415. The molecule has 0 heterocycles. The van der Waals surface area contributed by atoms with Gasteiger partial charge in [0.25, 0.3) is 0 Å². The Balaban J connectivity index is 2.10. The van der Waals surface area contributed by atoms with Gasteiger partial charge in [-0.05, 0) is 41.3 Å². The molecule has 0 saturated heterocycles. The first-order valence-corrected chi connectivity index (χ1v) is 7.78. The number of carbonyl (C=O) groups is 1. The van der Waals surface area contributed by atoms with Crippen molar-refractivity contribution in [2.45, 2.75) is 6.92 Å². The molecular formula is C22H18O2. The summed E-state index contributed by atoms with van der Waals surface area (Å²) >= 11 is 0. The predicted molar refractivity (Wildman–Crippen MR) is 97.8 cm³/mol. The molecule has 3 rings (SSSR count). The van der Waals surface area contributed by atoms with Crippen LogP contribution in [0.15, 0.2) is 91.0 Å². The molecule has 0 amide bonds. The Kier molecular flexibility index (Phi) is 4.57. The van der Waals surface area contributed by atoms with Gasteiger partial charge < -0.3 is 4.74 Å². The first-order valence-electron chi connectivity index (χ1n) is 7.78. The summed E-state index contributed by atoms with van der Waals surface area (Å²) in [6.45, 7) is 5.26.